The fourth-order valence-electron chi connectivity index (χ4n) is 2.33. The summed E-state index contributed by atoms with van der Waals surface area (Å²) in [6.45, 7) is 5.58. The Labute approximate surface area is 102 Å². The lowest BCUT2D eigenvalue weighted by Gasteiger charge is -2.33. The van der Waals surface area contributed by atoms with Gasteiger partial charge in [0.05, 0.1) is 25.4 Å². The van der Waals surface area contributed by atoms with Crippen molar-refractivity contribution in [3.63, 3.8) is 0 Å². The second kappa shape index (κ2) is 4.94. The van der Waals surface area contributed by atoms with Gasteiger partial charge in [0.15, 0.2) is 0 Å². The van der Waals surface area contributed by atoms with E-state index in [1.54, 1.807) is 0 Å². The SMILES string of the molecule is c1ccc2c(c1)NCC(CN1CCOCC1)O2. The number of anilines is 1. The Hall–Kier alpha value is -1.26. The topological polar surface area (TPSA) is 33.7 Å². The maximum Gasteiger partial charge on any atom is 0.142 e. The highest BCUT2D eigenvalue weighted by Crippen LogP contribution is 2.28. The van der Waals surface area contributed by atoms with Crippen LogP contribution < -0.4 is 10.1 Å². The van der Waals surface area contributed by atoms with E-state index in [0.29, 0.717) is 0 Å². The lowest BCUT2D eigenvalue weighted by molar-refractivity contribution is 0.0203. The number of hydrogen-bond donors (Lipinski definition) is 1. The highest BCUT2D eigenvalue weighted by molar-refractivity contribution is 5.57. The van der Waals surface area contributed by atoms with Gasteiger partial charge in [-0.25, -0.2) is 0 Å². The molecule has 0 radical (unpaired) electrons. The number of ether oxygens (including phenoxy) is 2. The molecule has 4 heteroatoms. The first kappa shape index (κ1) is 10.9. The molecule has 3 rings (SSSR count). The van der Waals surface area contributed by atoms with Crippen LogP contribution in [0.4, 0.5) is 5.69 Å². The van der Waals surface area contributed by atoms with Gasteiger partial charge in [-0.3, -0.25) is 4.90 Å². The Bertz CT molecular complexity index is 377. The highest BCUT2D eigenvalue weighted by Gasteiger charge is 2.22. The molecule has 1 unspecified atom stereocenters. The van der Waals surface area contributed by atoms with Crippen molar-refractivity contribution in [1.29, 1.82) is 0 Å². The number of benzene rings is 1. The van der Waals surface area contributed by atoms with Gasteiger partial charge in [0.25, 0.3) is 0 Å². The molecule has 2 aliphatic heterocycles. The van der Waals surface area contributed by atoms with E-state index in [1.807, 2.05) is 18.2 Å². The highest BCUT2D eigenvalue weighted by atomic mass is 16.5. The third-order valence-electron chi connectivity index (χ3n) is 3.27. The van der Waals surface area contributed by atoms with Crippen molar-refractivity contribution in [3.05, 3.63) is 24.3 Å². The maximum atomic E-state index is 5.99. The van der Waals surface area contributed by atoms with Crippen LogP contribution in [0.15, 0.2) is 24.3 Å². The molecule has 17 heavy (non-hydrogen) atoms. The van der Waals surface area contributed by atoms with E-state index in [0.717, 1.165) is 50.8 Å². The largest absolute Gasteiger partial charge is 0.485 e. The predicted octanol–water partition coefficient (Wildman–Crippen LogP) is 1.19. The molecule has 1 fully saturated rings. The number of morpholine rings is 1. The second-order valence-corrected chi connectivity index (χ2v) is 4.53. The smallest absolute Gasteiger partial charge is 0.142 e. The average Bonchev–Trinajstić information content (AvgIpc) is 2.40. The van der Waals surface area contributed by atoms with Crippen molar-refractivity contribution in [2.24, 2.45) is 0 Å². The first-order valence-corrected chi connectivity index (χ1v) is 6.21. The van der Waals surface area contributed by atoms with Gasteiger partial charge in [0.2, 0.25) is 0 Å². The molecular weight excluding hydrogens is 216 g/mol. The lowest BCUT2D eigenvalue weighted by atomic mass is 10.2. The molecule has 1 aromatic carbocycles. The summed E-state index contributed by atoms with van der Waals surface area (Å²) in [6.07, 6.45) is 0.239. The molecule has 92 valence electrons. The van der Waals surface area contributed by atoms with Crippen LogP contribution in [-0.2, 0) is 4.74 Å². The quantitative estimate of drug-likeness (QED) is 0.833. The molecule has 0 bridgehead atoms. The van der Waals surface area contributed by atoms with Crippen LogP contribution in [0.3, 0.4) is 0 Å². The first-order chi connectivity index (χ1) is 8.42. The Morgan fingerprint density at radius 1 is 1.24 bits per heavy atom. The normalized spacial score (nSPS) is 24.6. The number of hydrogen-bond acceptors (Lipinski definition) is 4. The second-order valence-electron chi connectivity index (χ2n) is 4.53. The van der Waals surface area contributed by atoms with Crippen molar-refractivity contribution < 1.29 is 9.47 Å². The Balaban J connectivity index is 1.60. The van der Waals surface area contributed by atoms with Gasteiger partial charge in [0.1, 0.15) is 11.9 Å². The molecule has 0 amide bonds. The van der Waals surface area contributed by atoms with Crippen molar-refractivity contribution in [1.82, 2.24) is 4.90 Å². The molecule has 1 saturated heterocycles. The fraction of sp³-hybridized carbons (Fsp3) is 0.538. The molecule has 0 spiro atoms. The van der Waals surface area contributed by atoms with Crippen LogP contribution in [0.5, 0.6) is 5.75 Å². The minimum absolute atomic E-state index is 0.239. The molecule has 2 heterocycles. The van der Waals surface area contributed by atoms with Crippen molar-refractivity contribution >= 4 is 5.69 Å². The Morgan fingerprint density at radius 2 is 2.06 bits per heavy atom. The zero-order valence-corrected chi connectivity index (χ0v) is 9.89. The van der Waals surface area contributed by atoms with E-state index < -0.39 is 0 Å². The number of para-hydroxylation sites is 2. The fourth-order valence-corrected chi connectivity index (χ4v) is 2.33. The molecule has 1 atom stereocenters. The van der Waals surface area contributed by atoms with E-state index in [2.05, 4.69) is 16.3 Å². The van der Waals surface area contributed by atoms with Gasteiger partial charge >= 0.3 is 0 Å². The van der Waals surface area contributed by atoms with E-state index in [4.69, 9.17) is 9.47 Å². The van der Waals surface area contributed by atoms with Gasteiger partial charge in [-0.1, -0.05) is 12.1 Å². The van der Waals surface area contributed by atoms with Crippen LogP contribution in [0.25, 0.3) is 0 Å². The van der Waals surface area contributed by atoms with Gasteiger partial charge in [-0.15, -0.1) is 0 Å². The molecule has 1 aromatic rings. The predicted molar refractivity (Wildman–Crippen MR) is 66.6 cm³/mol. The van der Waals surface area contributed by atoms with Gasteiger partial charge < -0.3 is 14.8 Å². The summed E-state index contributed by atoms with van der Waals surface area (Å²) in [6, 6.07) is 8.11. The van der Waals surface area contributed by atoms with Crippen LogP contribution in [0.2, 0.25) is 0 Å². The molecule has 0 aliphatic carbocycles. The van der Waals surface area contributed by atoms with Crippen molar-refractivity contribution in [3.8, 4) is 5.75 Å². The molecule has 4 nitrogen and oxygen atoms in total. The number of nitrogens with zero attached hydrogens (tertiary/aromatic N) is 1. The minimum Gasteiger partial charge on any atom is -0.485 e. The Kier molecular flexibility index (Phi) is 3.16. The summed E-state index contributed by atoms with van der Waals surface area (Å²) in [5.41, 5.74) is 1.10. The van der Waals surface area contributed by atoms with Crippen LogP contribution in [0.1, 0.15) is 0 Å². The van der Waals surface area contributed by atoms with Crippen molar-refractivity contribution in [2.45, 2.75) is 6.10 Å². The molecular formula is C13H18N2O2. The van der Waals surface area contributed by atoms with Gasteiger partial charge in [-0.2, -0.15) is 0 Å². The average molecular weight is 234 g/mol. The number of nitrogens with one attached hydrogen (secondary N) is 1. The third-order valence-corrected chi connectivity index (χ3v) is 3.27. The number of rotatable bonds is 2. The molecule has 1 N–H and O–H groups in total. The zero-order chi connectivity index (χ0) is 11.5. The van der Waals surface area contributed by atoms with Crippen molar-refractivity contribution in [2.75, 3.05) is 44.7 Å². The summed E-state index contributed by atoms with van der Waals surface area (Å²) < 4.78 is 11.3. The maximum absolute atomic E-state index is 5.99. The Morgan fingerprint density at radius 3 is 2.94 bits per heavy atom. The first-order valence-electron chi connectivity index (χ1n) is 6.21. The van der Waals surface area contributed by atoms with Gasteiger partial charge in [0, 0.05) is 19.6 Å². The zero-order valence-electron chi connectivity index (χ0n) is 9.89. The third kappa shape index (κ3) is 2.53. The summed E-state index contributed by atoms with van der Waals surface area (Å²) in [5, 5.41) is 3.42. The van der Waals surface area contributed by atoms with Gasteiger partial charge in [-0.05, 0) is 12.1 Å². The summed E-state index contributed by atoms with van der Waals surface area (Å²) >= 11 is 0. The minimum atomic E-state index is 0.239. The van der Waals surface area contributed by atoms with E-state index in [1.165, 1.54) is 0 Å². The summed E-state index contributed by atoms with van der Waals surface area (Å²) in [5.74, 6) is 0.969. The lowest BCUT2D eigenvalue weighted by Crippen LogP contribution is -2.45. The number of fused-ring (bicyclic) bond motifs is 1. The monoisotopic (exact) mass is 234 g/mol. The molecule has 2 aliphatic rings. The van der Waals surface area contributed by atoms with Crippen LogP contribution >= 0.6 is 0 Å². The molecule has 0 saturated carbocycles. The summed E-state index contributed by atoms with van der Waals surface area (Å²) in [7, 11) is 0. The summed E-state index contributed by atoms with van der Waals surface area (Å²) in [4.78, 5) is 2.41. The van der Waals surface area contributed by atoms with E-state index in [9.17, 15) is 0 Å². The molecule has 0 aromatic heterocycles. The van der Waals surface area contributed by atoms with E-state index in [-0.39, 0.29) is 6.10 Å². The van der Waals surface area contributed by atoms with Crippen LogP contribution in [-0.4, -0.2) is 50.4 Å². The van der Waals surface area contributed by atoms with E-state index >= 15 is 0 Å². The standard InChI is InChI=1S/C13H18N2O2/c1-2-4-13-12(3-1)14-9-11(17-13)10-15-5-7-16-8-6-15/h1-4,11,14H,5-10H2. The van der Waals surface area contributed by atoms with Crippen LogP contribution in [0, 0.1) is 0 Å².